The summed E-state index contributed by atoms with van der Waals surface area (Å²) in [5.74, 6) is 0.987. The van der Waals surface area contributed by atoms with Crippen LogP contribution in [0.5, 0.6) is 5.75 Å². The van der Waals surface area contributed by atoms with Crippen molar-refractivity contribution in [2.24, 2.45) is 0 Å². The molecule has 0 aromatic heterocycles. The smallest absolute Gasteiger partial charge is 0.124 e. The summed E-state index contributed by atoms with van der Waals surface area (Å²) >= 11 is 0. The molecule has 0 bridgehead atoms. The molecule has 0 atom stereocenters. The molecule has 0 aliphatic carbocycles. The van der Waals surface area contributed by atoms with Gasteiger partial charge in [-0.25, -0.2) is 0 Å². The number of rotatable bonds is 6. The minimum Gasteiger partial charge on any atom is -0.496 e. The summed E-state index contributed by atoms with van der Waals surface area (Å²) < 4.78 is 10.8. The number of hydrogen-bond acceptors (Lipinski definition) is 4. The van der Waals surface area contributed by atoms with Crippen LogP contribution in [-0.4, -0.2) is 45.1 Å². The Kier molecular flexibility index (Phi) is 5.48. The van der Waals surface area contributed by atoms with Gasteiger partial charge in [0.15, 0.2) is 0 Å². The standard InChI is InChI=1S/C15H23NO3/c1-18-15-7-4-6-14-13(15)5-2-3-8-16(14)9-11-19-12-10-17/h4,6-7,17H,2-3,5,8-12H2,1H3. The molecule has 4 nitrogen and oxygen atoms in total. The monoisotopic (exact) mass is 265 g/mol. The lowest BCUT2D eigenvalue weighted by Crippen LogP contribution is -2.28. The fourth-order valence-corrected chi connectivity index (χ4v) is 2.59. The third kappa shape index (κ3) is 3.61. The van der Waals surface area contributed by atoms with E-state index in [4.69, 9.17) is 14.6 Å². The van der Waals surface area contributed by atoms with Gasteiger partial charge in [-0.3, -0.25) is 0 Å². The summed E-state index contributed by atoms with van der Waals surface area (Å²) in [6, 6.07) is 6.24. The minimum absolute atomic E-state index is 0.0877. The van der Waals surface area contributed by atoms with Crippen molar-refractivity contribution >= 4 is 5.69 Å². The van der Waals surface area contributed by atoms with Crippen LogP contribution in [0.3, 0.4) is 0 Å². The van der Waals surface area contributed by atoms with Gasteiger partial charge in [-0.2, -0.15) is 0 Å². The lowest BCUT2D eigenvalue weighted by Gasteiger charge is -2.25. The van der Waals surface area contributed by atoms with Gasteiger partial charge in [0.1, 0.15) is 5.75 Å². The Bertz CT molecular complexity index is 395. The second-order valence-electron chi connectivity index (χ2n) is 4.74. The largest absolute Gasteiger partial charge is 0.496 e. The van der Waals surface area contributed by atoms with Gasteiger partial charge in [0.05, 0.1) is 26.9 Å². The van der Waals surface area contributed by atoms with E-state index in [1.54, 1.807) is 7.11 Å². The van der Waals surface area contributed by atoms with Crippen LogP contribution in [0, 0.1) is 0 Å². The van der Waals surface area contributed by atoms with Gasteiger partial charge in [-0.05, 0) is 31.4 Å². The molecule has 0 unspecified atom stereocenters. The molecule has 1 N–H and O–H groups in total. The van der Waals surface area contributed by atoms with Gasteiger partial charge < -0.3 is 19.5 Å². The van der Waals surface area contributed by atoms with Crippen molar-refractivity contribution in [3.05, 3.63) is 23.8 Å². The van der Waals surface area contributed by atoms with Gasteiger partial charge >= 0.3 is 0 Å². The number of nitrogens with zero attached hydrogens (tertiary/aromatic N) is 1. The summed E-state index contributed by atoms with van der Waals surface area (Å²) in [7, 11) is 1.73. The topological polar surface area (TPSA) is 41.9 Å². The minimum atomic E-state index is 0.0877. The maximum absolute atomic E-state index is 8.72. The molecule has 0 spiro atoms. The summed E-state index contributed by atoms with van der Waals surface area (Å²) in [6.07, 6.45) is 3.46. The Morgan fingerprint density at radius 2 is 2.16 bits per heavy atom. The van der Waals surface area contributed by atoms with E-state index in [-0.39, 0.29) is 6.61 Å². The fourth-order valence-electron chi connectivity index (χ4n) is 2.59. The normalized spacial score (nSPS) is 14.9. The zero-order chi connectivity index (χ0) is 13.5. The van der Waals surface area contributed by atoms with E-state index in [9.17, 15) is 0 Å². The number of aliphatic hydroxyl groups is 1. The second kappa shape index (κ2) is 7.36. The average molecular weight is 265 g/mol. The van der Waals surface area contributed by atoms with Crippen LogP contribution in [0.15, 0.2) is 18.2 Å². The first-order chi connectivity index (χ1) is 9.36. The van der Waals surface area contributed by atoms with E-state index in [1.807, 2.05) is 12.1 Å². The molecule has 19 heavy (non-hydrogen) atoms. The van der Waals surface area contributed by atoms with Crippen molar-refractivity contribution in [3.8, 4) is 5.75 Å². The maximum atomic E-state index is 8.72. The van der Waals surface area contributed by atoms with Crippen molar-refractivity contribution in [1.82, 2.24) is 0 Å². The van der Waals surface area contributed by atoms with E-state index in [1.165, 1.54) is 24.1 Å². The molecule has 4 heteroatoms. The number of ether oxygens (including phenoxy) is 2. The van der Waals surface area contributed by atoms with Gasteiger partial charge in [0.25, 0.3) is 0 Å². The number of anilines is 1. The Hall–Kier alpha value is -1.26. The van der Waals surface area contributed by atoms with Crippen LogP contribution < -0.4 is 9.64 Å². The van der Waals surface area contributed by atoms with Crippen molar-refractivity contribution < 1.29 is 14.6 Å². The van der Waals surface area contributed by atoms with Gasteiger partial charge in [-0.15, -0.1) is 0 Å². The lowest BCUT2D eigenvalue weighted by atomic mass is 10.1. The Morgan fingerprint density at radius 1 is 1.26 bits per heavy atom. The predicted octanol–water partition coefficient (Wildman–Crippen LogP) is 1.85. The third-order valence-corrected chi connectivity index (χ3v) is 3.51. The van der Waals surface area contributed by atoms with Crippen LogP contribution in [-0.2, 0) is 11.2 Å². The first kappa shape index (κ1) is 14.2. The van der Waals surface area contributed by atoms with Crippen molar-refractivity contribution in [2.75, 3.05) is 44.9 Å². The molecule has 2 rings (SSSR count). The summed E-state index contributed by atoms with van der Waals surface area (Å²) in [5, 5.41) is 8.72. The van der Waals surface area contributed by atoms with Crippen LogP contribution in [0.1, 0.15) is 18.4 Å². The van der Waals surface area contributed by atoms with Crippen LogP contribution >= 0.6 is 0 Å². The van der Waals surface area contributed by atoms with Crippen molar-refractivity contribution in [2.45, 2.75) is 19.3 Å². The molecular weight excluding hydrogens is 242 g/mol. The molecule has 0 amide bonds. The van der Waals surface area contributed by atoms with Crippen LogP contribution in [0.25, 0.3) is 0 Å². The van der Waals surface area contributed by atoms with Crippen molar-refractivity contribution in [1.29, 1.82) is 0 Å². The molecule has 1 heterocycles. The van der Waals surface area contributed by atoms with Crippen LogP contribution in [0.4, 0.5) is 5.69 Å². The molecule has 0 saturated heterocycles. The number of hydrogen-bond donors (Lipinski definition) is 1. The summed E-state index contributed by atoms with van der Waals surface area (Å²) in [6.45, 7) is 3.07. The number of fused-ring (bicyclic) bond motifs is 1. The highest BCUT2D eigenvalue weighted by atomic mass is 16.5. The van der Waals surface area contributed by atoms with Crippen molar-refractivity contribution in [3.63, 3.8) is 0 Å². The first-order valence-electron chi connectivity index (χ1n) is 6.96. The maximum Gasteiger partial charge on any atom is 0.124 e. The van der Waals surface area contributed by atoms with E-state index in [0.717, 1.165) is 25.3 Å². The molecule has 1 aliphatic heterocycles. The third-order valence-electron chi connectivity index (χ3n) is 3.51. The zero-order valence-corrected chi connectivity index (χ0v) is 11.6. The highest BCUT2D eigenvalue weighted by molar-refractivity contribution is 5.60. The van der Waals surface area contributed by atoms with Gasteiger partial charge in [0, 0.05) is 24.3 Å². The summed E-state index contributed by atoms with van der Waals surface area (Å²) in [5.41, 5.74) is 2.58. The fraction of sp³-hybridized carbons (Fsp3) is 0.600. The predicted molar refractivity (Wildman–Crippen MR) is 76.0 cm³/mol. The Morgan fingerprint density at radius 3 is 2.95 bits per heavy atom. The van der Waals surface area contributed by atoms with Crippen LogP contribution in [0.2, 0.25) is 0 Å². The molecule has 0 saturated carbocycles. The quantitative estimate of drug-likeness (QED) is 0.797. The summed E-state index contributed by atoms with van der Waals surface area (Å²) in [4.78, 5) is 2.36. The lowest BCUT2D eigenvalue weighted by molar-refractivity contribution is 0.0966. The number of benzene rings is 1. The second-order valence-corrected chi connectivity index (χ2v) is 4.74. The first-order valence-corrected chi connectivity index (χ1v) is 6.96. The molecule has 0 fully saturated rings. The van der Waals surface area contributed by atoms with Gasteiger partial charge in [-0.1, -0.05) is 6.07 Å². The molecule has 1 aromatic rings. The molecule has 1 aromatic carbocycles. The van der Waals surface area contributed by atoms with E-state index < -0.39 is 0 Å². The molecule has 0 radical (unpaired) electrons. The SMILES string of the molecule is COc1cccc2c1CCCCN2CCOCCO. The highest BCUT2D eigenvalue weighted by Gasteiger charge is 2.17. The molecule has 106 valence electrons. The van der Waals surface area contributed by atoms with E-state index >= 15 is 0 Å². The number of methoxy groups -OCH3 is 1. The number of aliphatic hydroxyl groups excluding tert-OH is 1. The Balaban J connectivity index is 2.09. The molecular formula is C15H23NO3. The zero-order valence-electron chi connectivity index (χ0n) is 11.6. The highest BCUT2D eigenvalue weighted by Crippen LogP contribution is 2.33. The van der Waals surface area contributed by atoms with E-state index in [0.29, 0.717) is 13.2 Å². The molecule has 1 aliphatic rings. The van der Waals surface area contributed by atoms with Gasteiger partial charge in [0.2, 0.25) is 0 Å². The Labute approximate surface area is 114 Å². The average Bonchev–Trinajstić information content (AvgIpc) is 2.66. The van der Waals surface area contributed by atoms with E-state index in [2.05, 4.69) is 11.0 Å².